The number of imidazole rings is 1. The number of nitrogens with two attached hydrogens (primary N) is 1. The van der Waals surface area contributed by atoms with E-state index < -0.39 is 10.0 Å². The van der Waals surface area contributed by atoms with Crippen LogP contribution >= 0.6 is 0 Å². The molecule has 0 atom stereocenters. The molecule has 2 aromatic rings. The predicted octanol–water partition coefficient (Wildman–Crippen LogP) is 0.860. The minimum atomic E-state index is -3.14. The standard InChI is InChI=1S/C14H22N6O2S/c1-19(23(21,22)8-5-11-3-4-11)6-2-7-20-10-18-12-13(15)16-9-17-14(12)20/h9-11H,2-8H2,1H3,(H2,15,16,17). The third-order valence-corrected chi connectivity index (χ3v) is 6.14. The van der Waals surface area contributed by atoms with Crippen LogP contribution in [0, 0.1) is 5.92 Å². The number of aryl methyl sites for hydroxylation is 1. The number of sulfonamides is 1. The molecule has 0 aromatic carbocycles. The molecule has 1 aliphatic carbocycles. The van der Waals surface area contributed by atoms with E-state index in [2.05, 4.69) is 15.0 Å². The highest BCUT2D eigenvalue weighted by molar-refractivity contribution is 7.89. The van der Waals surface area contributed by atoms with Crippen molar-refractivity contribution in [3.63, 3.8) is 0 Å². The molecule has 9 heteroatoms. The highest BCUT2D eigenvalue weighted by Gasteiger charge is 2.25. The van der Waals surface area contributed by atoms with Crippen LogP contribution in [0.2, 0.25) is 0 Å². The van der Waals surface area contributed by atoms with Crippen molar-refractivity contribution < 1.29 is 8.42 Å². The van der Waals surface area contributed by atoms with E-state index in [1.54, 1.807) is 13.4 Å². The topological polar surface area (TPSA) is 107 Å². The molecule has 1 fully saturated rings. The number of hydrogen-bond donors (Lipinski definition) is 1. The van der Waals surface area contributed by atoms with Crippen LogP contribution in [0.25, 0.3) is 11.2 Å². The lowest BCUT2D eigenvalue weighted by Crippen LogP contribution is -2.30. The molecule has 8 nitrogen and oxygen atoms in total. The summed E-state index contributed by atoms with van der Waals surface area (Å²) in [5, 5.41) is 0. The van der Waals surface area contributed by atoms with Crippen molar-refractivity contribution in [1.82, 2.24) is 23.8 Å². The van der Waals surface area contributed by atoms with E-state index in [0.29, 0.717) is 42.4 Å². The van der Waals surface area contributed by atoms with Crippen molar-refractivity contribution >= 4 is 27.0 Å². The molecule has 0 unspecified atom stereocenters. The molecule has 126 valence electrons. The van der Waals surface area contributed by atoms with Gasteiger partial charge in [-0.05, 0) is 18.8 Å². The maximum Gasteiger partial charge on any atom is 0.213 e. The molecular formula is C14H22N6O2S. The molecule has 2 N–H and O–H groups in total. The van der Waals surface area contributed by atoms with Crippen molar-refractivity contribution in [3.05, 3.63) is 12.7 Å². The summed E-state index contributed by atoms with van der Waals surface area (Å²) in [4.78, 5) is 12.3. The highest BCUT2D eigenvalue weighted by Crippen LogP contribution is 2.32. The molecule has 23 heavy (non-hydrogen) atoms. The fourth-order valence-corrected chi connectivity index (χ4v) is 3.89. The fourth-order valence-electron chi connectivity index (χ4n) is 2.54. The number of rotatable bonds is 8. The minimum Gasteiger partial charge on any atom is -0.382 e. The lowest BCUT2D eigenvalue weighted by molar-refractivity contribution is 0.445. The van der Waals surface area contributed by atoms with Crippen molar-refractivity contribution in [2.24, 2.45) is 5.92 Å². The van der Waals surface area contributed by atoms with Crippen molar-refractivity contribution in [2.75, 3.05) is 25.1 Å². The van der Waals surface area contributed by atoms with Gasteiger partial charge in [0.2, 0.25) is 10.0 Å². The number of nitrogens with zero attached hydrogens (tertiary/aromatic N) is 5. The Labute approximate surface area is 135 Å². The Hall–Kier alpha value is -1.74. The zero-order valence-electron chi connectivity index (χ0n) is 13.2. The zero-order valence-corrected chi connectivity index (χ0v) is 14.0. The monoisotopic (exact) mass is 338 g/mol. The van der Waals surface area contributed by atoms with Crippen molar-refractivity contribution in [3.8, 4) is 0 Å². The molecule has 1 aliphatic rings. The summed E-state index contributed by atoms with van der Waals surface area (Å²) in [7, 11) is -1.50. The Balaban J connectivity index is 1.54. The summed E-state index contributed by atoms with van der Waals surface area (Å²) >= 11 is 0. The fraction of sp³-hybridized carbons (Fsp3) is 0.643. The molecule has 0 bridgehead atoms. The van der Waals surface area contributed by atoms with Gasteiger partial charge in [-0.15, -0.1) is 0 Å². The summed E-state index contributed by atoms with van der Waals surface area (Å²) in [6.07, 6.45) is 6.90. The highest BCUT2D eigenvalue weighted by atomic mass is 32.2. The normalized spacial score (nSPS) is 15.6. The van der Waals surface area contributed by atoms with Gasteiger partial charge >= 0.3 is 0 Å². The lowest BCUT2D eigenvalue weighted by Gasteiger charge is -2.17. The van der Waals surface area contributed by atoms with Crippen LogP contribution in [0.15, 0.2) is 12.7 Å². The first-order valence-electron chi connectivity index (χ1n) is 7.82. The van der Waals surface area contributed by atoms with Crippen molar-refractivity contribution in [2.45, 2.75) is 32.2 Å². The Kier molecular flexibility index (Phi) is 4.49. The van der Waals surface area contributed by atoms with E-state index in [9.17, 15) is 8.42 Å². The quantitative estimate of drug-likeness (QED) is 0.765. The molecule has 0 amide bonds. The maximum absolute atomic E-state index is 12.2. The molecule has 0 aliphatic heterocycles. The molecule has 2 heterocycles. The van der Waals surface area contributed by atoms with Gasteiger partial charge in [-0.1, -0.05) is 12.8 Å². The molecule has 0 radical (unpaired) electrons. The Bertz CT molecular complexity index is 784. The van der Waals surface area contributed by atoms with Crippen LogP contribution in [0.5, 0.6) is 0 Å². The number of fused-ring (bicyclic) bond motifs is 1. The van der Waals surface area contributed by atoms with Gasteiger partial charge in [0, 0.05) is 20.1 Å². The van der Waals surface area contributed by atoms with Crippen LogP contribution in [0.1, 0.15) is 25.7 Å². The minimum absolute atomic E-state index is 0.256. The zero-order chi connectivity index (χ0) is 16.4. The summed E-state index contributed by atoms with van der Waals surface area (Å²) in [6.45, 7) is 1.11. The van der Waals surface area contributed by atoms with E-state index in [1.165, 1.54) is 23.5 Å². The summed E-state index contributed by atoms with van der Waals surface area (Å²) in [5.41, 5.74) is 7.01. The van der Waals surface area contributed by atoms with Gasteiger partial charge in [0.1, 0.15) is 11.8 Å². The number of aromatic nitrogens is 4. The Morgan fingerprint density at radius 1 is 1.35 bits per heavy atom. The van der Waals surface area contributed by atoms with Gasteiger partial charge in [0.05, 0.1) is 12.1 Å². The van der Waals surface area contributed by atoms with Gasteiger partial charge in [0.25, 0.3) is 0 Å². The molecule has 1 saturated carbocycles. The average molecular weight is 338 g/mol. The SMILES string of the molecule is CN(CCCn1cnc2c(N)ncnc21)S(=O)(=O)CCC1CC1. The van der Waals surface area contributed by atoms with Gasteiger partial charge in [-0.2, -0.15) is 0 Å². The molecule has 0 spiro atoms. The molecule has 0 saturated heterocycles. The third kappa shape index (κ3) is 3.78. The predicted molar refractivity (Wildman–Crippen MR) is 88.1 cm³/mol. The molecule has 2 aromatic heterocycles. The van der Waals surface area contributed by atoms with Crippen LogP contribution in [-0.2, 0) is 16.6 Å². The second-order valence-electron chi connectivity index (χ2n) is 6.09. The average Bonchev–Trinajstić information content (AvgIpc) is 3.26. The van der Waals surface area contributed by atoms with Crippen LogP contribution in [0.3, 0.4) is 0 Å². The van der Waals surface area contributed by atoms with Crippen LogP contribution < -0.4 is 5.73 Å². The summed E-state index contributed by atoms with van der Waals surface area (Å²) in [6, 6.07) is 0. The van der Waals surface area contributed by atoms with Crippen LogP contribution in [-0.4, -0.2) is 51.6 Å². The van der Waals surface area contributed by atoms with Crippen LogP contribution in [0.4, 0.5) is 5.82 Å². The maximum atomic E-state index is 12.2. The van der Waals surface area contributed by atoms with Crippen molar-refractivity contribution in [1.29, 1.82) is 0 Å². The second-order valence-corrected chi connectivity index (χ2v) is 8.29. The Morgan fingerprint density at radius 2 is 2.13 bits per heavy atom. The number of nitrogen functional groups attached to an aromatic ring is 1. The van der Waals surface area contributed by atoms with E-state index in [0.717, 1.165) is 6.42 Å². The first-order valence-corrected chi connectivity index (χ1v) is 9.43. The second kappa shape index (κ2) is 6.40. The van der Waals surface area contributed by atoms with E-state index >= 15 is 0 Å². The lowest BCUT2D eigenvalue weighted by atomic mass is 10.3. The smallest absolute Gasteiger partial charge is 0.213 e. The number of anilines is 1. The van der Waals surface area contributed by atoms with E-state index in [4.69, 9.17) is 5.73 Å². The van der Waals surface area contributed by atoms with Gasteiger partial charge in [-0.25, -0.2) is 27.7 Å². The van der Waals surface area contributed by atoms with Gasteiger partial charge < -0.3 is 10.3 Å². The molecule has 3 rings (SSSR count). The van der Waals surface area contributed by atoms with Gasteiger partial charge in [-0.3, -0.25) is 0 Å². The largest absolute Gasteiger partial charge is 0.382 e. The first-order chi connectivity index (χ1) is 11.0. The van der Waals surface area contributed by atoms with E-state index in [1.807, 2.05) is 4.57 Å². The summed E-state index contributed by atoms with van der Waals surface area (Å²) < 4.78 is 27.7. The Morgan fingerprint density at radius 3 is 2.87 bits per heavy atom. The number of hydrogen-bond acceptors (Lipinski definition) is 6. The first kappa shape index (κ1) is 16.1. The molecular weight excluding hydrogens is 316 g/mol. The van der Waals surface area contributed by atoms with Gasteiger partial charge in [0.15, 0.2) is 11.5 Å². The summed E-state index contributed by atoms with van der Waals surface area (Å²) in [5.74, 6) is 1.24. The van der Waals surface area contributed by atoms with E-state index in [-0.39, 0.29) is 5.75 Å². The third-order valence-electron chi connectivity index (χ3n) is 4.26.